The lowest BCUT2D eigenvalue weighted by Crippen LogP contribution is -2.25. The summed E-state index contributed by atoms with van der Waals surface area (Å²) in [5.41, 5.74) is 7.44. The van der Waals surface area contributed by atoms with E-state index in [4.69, 9.17) is 0 Å². The number of anilines is 1. The summed E-state index contributed by atoms with van der Waals surface area (Å²) in [4.78, 5) is 13.0. The number of thioether (sulfide) groups is 1. The van der Waals surface area contributed by atoms with Gasteiger partial charge in [0, 0.05) is 11.1 Å². The Labute approximate surface area is 180 Å². The van der Waals surface area contributed by atoms with Crippen molar-refractivity contribution < 1.29 is 4.79 Å². The summed E-state index contributed by atoms with van der Waals surface area (Å²) in [5, 5.41) is 13.5. The number of hydrogen-bond donors (Lipinski definition) is 1. The van der Waals surface area contributed by atoms with Gasteiger partial charge in [-0.2, -0.15) is 0 Å². The van der Waals surface area contributed by atoms with Gasteiger partial charge in [-0.3, -0.25) is 9.20 Å². The lowest BCUT2D eigenvalue weighted by molar-refractivity contribution is -0.115. The number of nitrogens with one attached hydrogen (secondary N) is 1. The largest absolute Gasteiger partial charge is 0.325 e. The Morgan fingerprint density at radius 2 is 1.80 bits per heavy atom. The van der Waals surface area contributed by atoms with Crippen molar-refractivity contribution in [2.24, 2.45) is 0 Å². The minimum Gasteiger partial charge on any atom is -0.325 e. The minimum atomic E-state index is -0.264. The molecule has 4 rings (SSSR count). The summed E-state index contributed by atoms with van der Waals surface area (Å²) in [6.45, 7) is 10.3. The zero-order chi connectivity index (χ0) is 21.4. The molecule has 1 atom stereocenters. The number of aryl methyl sites for hydroxylation is 4. The molecule has 1 N–H and O–H groups in total. The molecule has 2 aromatic heterocycles. The molecule has 2 heterocycles. The first-order valence-corrected chi connectivity index (χ1v) is 11.1. The molecule has 0 aliphatic heterocycles. The highest BCUT2D eigenvalue weighted by Gasteiger charge is 2.22. The van der Waals surface area contributed by atoms with Crippen molar-refractivity contribution in [1.82, 2.24) is 14.6 Å². The van der Waals surface area contributed by atoms with Gasteiger partial charge in [-0.05, 0) is 74.6 Å². The molecule has 0 radical (unpaired) electrons. The Morgan fingerprint density at radius 3 is 2.53 bits per heavy atom. The third-order valence-electron chi connectivity index (χ3n) is 5.58. The van der Waals surface area contributed by atoms with E-state index in [9.17, 15) is 4.79 Å². The average Bonchev–Trinajstić information content (AvgIpc) is 3.11. The van der Waals surface area contributed by atoms with Crippen LogP contribution < -0.4 is 5.32 Å². The van der Waals surface area contributed by atoms with Gasteiger partial charge in [0.15, 0.2) is 10.8 Å². The first kappa shape index (κ1) is 20.4. The Balaban J connectivity index is 1.68. The zero-order valence-corrected chi connectivity index (χ0v) is 18.8. The fourth-order valence-electron chi connectivity index (χ4n) is 3.70. The van der Waals surface area contributed by atoms with Gasteiger partial charge in [-0.15, -0.1) is 10.2 Å². The smallest absolute Gasteiger partial charge is 0.237 e. The molecule has 154 valence electrons. The number of hydrogen-bond acceptors (Lipinski definition) is 4. The number of fused-ring (bicyclic) bond motifs is 3. The number of carbonyl (C=O) groups is 1. The molecule has 4 aromatic rings. The maximum Gasteiger partial charge on any atom is 0.237 e. The number of aromatic nitrogens is 3. The highest BCUT2D eigenvalue weighted by molar-refractivity contribution is 8.00. The number of para-hydroxylation sites is 1. The first-order valence-electron chi connectivity index (χ1n) is 10.2. The average molecular weight is 419 g/mol. The summed E-state index contributed by atoms with van der Waals surface area (Å²) >= 11 is 1.47. The number of rotatable bonds is 5. The van der Waals surface area contributed by atoms with E-state index < -0.39 is 0 Å². The Hall–Kier alpha value is -2.86. The van der Waals surface area contributed by atoms with Gasteiger partial charge in [0.05, 0.1) is 10.8 Å². The molecular formula is C24H26N4OS. The van der Waals surface area contributed by atoms with Crippen molar-refractivity contribution in [3.05, 3.63) is 64.7 Å². The summed E-state index contributed by atoms with van der Waals surface area (Å²) in [7, 11) is 0. The molecule has 1 unspecified atom stereocenters. The Bertz CT molecular complexity index is 1260. The van der Waals surface area contributed by atoms with Crippen LogP contribution in [0.1, 0.15) is 35.6 Å². The van der Waals surface area contributed by atoms with Crippen LogP contribution in [0.15, 0.2) is 47.6 Å². The number of pyridine rings is 1. The van der Waals surface area contributed by atoms with Crippen molar-refractivity contribution in [2.45, 2.75) is 51.4 Å². The van der Waals surface area contributed by atoms with Crippen molar-refractivity contribution >= 4 is 39.9 Å². The highest BCUT2D eigenvalue weighted by Crippen LogP contribution is 2.31. The van der Waals surface area contributed by atoms with Gasteiger partial charge in [-0.1, -0.05) is 43.0 Å². The molecule has 0 saturated heterocycles. The molecule has 0 spiro atoms. The summed E-state index contributed by atoms with van der Waals surface area (Å²) in [6.07, 6.45) is 0.693. The second-order valence-corrected chi connectivity index (χ2v) is 8.95. The van der Waals surface area contributed by atoms with Gasteiger partial charge in [-0.25, -0.2) is 0 Å². The molecule has 6 heteroatoms. The predicted molar refractivity (Wildman–Crippen MR) is 124 cm³/mol. The molecule has 30 heavy (non-hydrogen) atoms. The molecule has 2 aromatic carbocycles. The summed E-state index contributed by atoms with van der Waals surface area (Å²) in [6, 6.07) is 14.3. The molecule has 1 amide bonds. The highest BCUT2D eigenvalue weighted by atomic mass is 32.2. The number of nitrogens with zero attached hydrogens (tertiary/aromatic N) is 3. The number of carbonyl (C=O) groups excluding carboxylic acids is 1. The van der Waals surface area contributed by atoms with Crippen molar-refractivity contribution in [3.63, 3.8) is 0 Å². The van der Waals surface area contributed by atoms with Gasteiger partial charge < -0.3 is 5.32 Å². The third-order valence-corrected chi connectivity index (χ3v) is 6.88. The molecule has 5 nitrogen and oxygen atoms in total. The van der Waals surface area contributed by atoms with Crippen LogP contribution >= 0.6 is 11.8 Å². The zero-order valence-electron chi connectivity index (χ0n) is 18.0. The van der Waals surface area contributed by atoms with Crippen LogP contribution in [0, 0.1) is 27.7 Å². The minimum absolute atomic E-state index is 0.0179. The van der Waals surface area contributed by atoms with E-state index in [1.807, 2.05) is 25.1 Å². The second kappa shape index (κ2) is 8.11. The van der Waals surface area contributed by atoms with E-state index in [1.165, 1.54) is 28.3 Å². The van der Waals surface area contributed by atoms with Crippen molar-refractivity contribution in [3.8, 4) is 0 Å². The maximum absolute atomic E-state index is 13.0. The molecule has 0 bridgehead atoms. The first-order chi connectivity index (χ1) is 14.4. The molecular weight excluding hydrogens is 392 g/mol. The van der Waals surface area contributed by atoms with E-state index in [1.54, 1.807) is 0 Å². The van der Waals surface area contributed by atoms with Gasteiger partial charge >= 0.3 is 0 Å². The van der Waals surface area contributed by atoms with E-state index >= 15 is 0 Å². The lowest BCUT2D eigenvalue weighted by atomic mass is 10.1. The third kappa shape index (κ3) is 3.67. The molecule has 0 aliphatic rings. The Morgan fingerprint density at radius 1 is 1.00 bits per heavy atom. The van der Waals surface area contributed by atoms with Crippen LogP contribution in [0.2, 0.25) is 0 Å². The predicted octanol–water partition coefficient (Wildman–Crippen LogP) is 5.63. The topological polar surface area (TPSA) is 59.3 Å². The van der Waals surface area contributed by atoms with Crippen molar-refractivity contribution in [1.29, 1.82) is 0 Å². The number of amides is 1. The van der Waals surface area contributed by atoms with Crippen LogP contribution in [0.25, 0.3) is 16.6 Å². The van der Waals surface area contributed by atoms with Crippen LogP contribution in [0.5, 0.6) is 0 Å². The quantitative estimate of drug-likeness (QED) is 0.427. The van der Waals surface area contributed by atoms with Gasteiger partial charge in [0.2, 0.25) is 5.91 Å². The standard InChI is InChI=1S/C24H26N4OS/c1-6-20(23(29)25-18-11-10-14(2)16(4)12-18)30-24-27-26-21-13-17(5)19-9-7-8-15(3)22(19)28(21)24/h7-13,20H,6H2,1-5H3,(H,25,29). The number of benzene rings is 2. The van der Waals surface area contributed by atoms with Crippen LogP contribution in [-0.2, 0) is 4.79 Å². The maximum atomic E-state index is 13.0. The summed E-state index contributed by atoms with van der Waals surface area (Å²) in [5.74, 6) is -0.0179. The van der Waals surface area contributed by atoms with E-state index in [0.717, 1.165) is 33.1 Å². The van der Waals surface area contributed by atoms with Crippen LogP contribution in [0.3, 0.4) is 0 Å². The lowest BCUT2D eigenvalue weighted by Gasteiger charge is -2.15. The summed E-state index contributed by atoms with van der Waals surface area (Å²) < 4.78 is 2.08. The van der Waals surface area contributed by atoms with Gasteiger partial charge in [0.1, 0.15) is 0 Å². The van der Waals surface area contributed by atoms with E-state index in [-0.39, 0.29) is 11.2 Å². The molecule has 0 saturated carbocycles. The monoisotopic (exact) mass is 418 g/mol. The van der Waals surface area contributed by atoms with Crippen LogP contribution in [-0.4, -0.2) is 25.8 Å². The SMILES string of the molecule is CCC(Sc1nnc2cc(C)c3cccc(C)c3n12)C(=O)Nc1ccc(C)c(C)c1. The Kier molecular flexibility index (Phi) is 5.52. The second-order valence-electron chi connectivity index (χ2n) is 7.78. The van der Waals surface area contributed by atoms with Gasteiger partial charge in [0.25, 0.3) is 0 Å². The van der Waals surface area contributed by atoms with Crippen molar-refractivity contribution in [2.75, 3.05) is 5.32 Å². The fraction of sp³-hybridized carbons (Fsp3) is 0.292. The van der Waals surface area contributed by atoms with Crippen LogP contribution in [0.4, 0.5) is 5.69 Å². The molecule has 0 fully saturated rings. The van der Waals surface area contributed by atoms with E-state index in [2.05, 4.69) is 71.9 Å². The van der Waals surface area contributed by atoms with E-state index in [0.29, 0.717) is 6.42 Å². The fourth-order valence-corrected chi connectivity index (χ4v) is 4.66. The molecule has 0 aliphatic carbocycles. The normalized spacial score (nSPS) is 12.4.